The summed E-state index contributed by atoms with van der Waals surface area (Å²) in [4.78, 5) is 4.41. The molecule has 0 N–H and O–H groups in total. The summed E-state index contributed by atoms with van der Waals surface area (Å²) in [5.74, 6) is 0. The standard InChI is InChI=1S/C11H19N2.C5H5.Fe/c1-12(2)8-10-6-5-7-11(10)9-13(3)4;1-2-4-5-3-1;/h5-7H,8-9H2,1-4H3;1-5H;/q-1;-5;. The van der Waals surface area contributed by atoms with Crippen molar-refractivity contribution in [2.75, 3.05) is 28.2 Å². The molecule has 2 aromatic carbocycles. The van der Waals surface area contributed by atoms with Crippen molar-refractivity contribution in [2.24, 2.45) is 0 Å². The first-order valence-electron chi connectivity index (χ1n) is 6.29. The van der Waals surface area contributed by atoms with Crippen LogP contribution in [0.2, 0.25) is 0 Å². The Morgan fingerprint density at radius 3 is 1.89 bits per heavy atom. The average Bonchev–Trinajstić information content (AvgIpc) is 2.92. The van der Waals surface area contributed by atoms with Crippen LogP contribution in [0.4, 0.5) is 0 Å². The van der Waals surface area contributed by atoms with E-state index in [0.717, 1.165) is 13.1 Å². The Morgan fingerprint density at radius 2 is 1.47 bits per heavy atom. The maximum atomic E-state index is 2.21. The van der Waals surface area contributed by atoms with Crippen LogP contribution in [-0.2, 0) is 30.2 Å². The molecule has 0 spiro atoms. The van der Waals surface area contributed by atoms with E-state index in [1.54, 1.807) is 0 Å². The average molecular weight is 300 g/mol. The molecular formula is C16H24FeN2-6. The third-order valence-corrected chi connectivity index (χ3v) is 2.54. The second kappa shape index (κ2) is 9.99. The molecule has 112 valence electrons. The van der Waals surface area contributed by atoms with E-state index in [2.05, 4.69) is 56.2 Å². The molecule has 2 aromatic rings. The van der Waals surface area contributed by atoms with Crippen molar-refractivity contribution < 1.29 is 17.1 Å². The molecule has 0 fully saturated rings. The van der Waals surface area contributed by atoms with Crippen LogP contribution in [0, 0.1) is 0 Å². The topological polar surface area (TPSA) is 6.48 Å². The smallest absolute Gasteiger partial charge is 0 e. The van der Waals surface area contributed by atoms with Crippen molar-refractivity contribution in [3.63, 3.8) is 0 Å². The van der Waals surface area contributed by atoms with Crippen LogP contribution >= 0.6 is 0 Å². The van der Waals surface area contributed by atoms with Gasteiger partial charge in [-0.3, -0.25) is 0 Å². The molecule has 0 amide bonds. The predicted octanol–water partition coefficient (Wildman–Crippen LogP) is 2.93. The molecule has 2 rings (SSSR count). The van der Waals surface area contributed by atoms with E-state index in [1.807, 2.05) is 30.3 Å². The van der Waals surface area contributed by atoms with Gasteiger partial charge in [0.25, 0.3) is 0 Å². The minimum atomic E-state index is 0. The van der Waals surface area contributed by atoms with Gasteiger partial charge in [-0.05, 0) is 41.3 Å². The number of hydrogen-bond donors (Lipinski definition) is 0. The Labute approximate surface area is 128 Å². The number of nitrogens with zero attached hydrogens (tertiary/aromatic N) is 2. The quantitative estimate of drug-likeness (QED) is 0.633. The van der Waals surface area contributed by atoms with Crippen LogP contribution < -0.4 is 0 Å². The zero-order chi connectivity index (χ0) is 13.4. The van der Waals surface area contributed by atoms with Gasteiger partial charge in [0.15, 0.2) is 0 Å². The first-order chi connectivity index (χ1) is 8.59. The number of hydrogen-bond acceptors (Lipinski definition) is 2. The Balaban J connectivity index is 0.000000454. The van der Waals surface area contributed by atoms with Gasteiger partial charge in [-0.1, -0.05) is 0 Å². The molecule has 0 bridgehead atoms. The molecule has 19 heavy (non-hydrogen) atoms. The molecule has 0 atom stereocenters. The van der Waals surface area contributed by atoms with E-state index in [0.29, 0.717) is 0 Å². The van der Waals surface area contributed by atoms with Gasteiger partial charge in [-0.2, -0.15) is 11.6 Å². The van der Waals surface area contributed by atoms with Crippen LogP contribution in [0.25, 0.3) is 0 Å². The third kappa shape index (κ3) is 8.01. The first-order valence-corrected chi connectivity index (χ1v) is 6.29. The molecule has 0 unspecified atom stereocenters. The van der Waals surface area contributed by atoms with Gasteiger partial charge < -0.3 is 40.1 Å². The maximum absolute atomic E-state index is 2.21. The molecule has 0 aliphatic heterocycles. The summed E-state index contributed by atoms with van der Waals surface area (Å²) in [6.07, 6.45) is 0. The molecule has 0 aromatic heterocycles. The van der Waals surface area contributed by atoms with Gasteiger partial charge in [0.05, 0.1) is 0 Å². The molecule has 0 saturated heterocycles. The third-order valence-electron chi connectivity index (χ3n) is 2.54. The van der Waals surface area contributed by atoms with Gasteiger partial charge in [0, 0.05) is 17.1 Å². The van der Waals surface area contributed by atoms with Crippen molar-refractivity contribution in [1.82, 2.24) is 9.80 Å². The monoisotopic (exact) mass is 300 g/mol. The molecule has 0 saturated carbocycles. The summed E-state index contributed by atoms with van der Waals surface area (Å²) >= 11 is 0. The predicted molar refractivity (Wildman–Crippen MR) is 78.9 cm³/mol. The zero-order valence-corrected chi connectivity index (χ0v) is 13.4. The van der Waals surface area contributed by atoms with E-state index in [1.165, 1.54) is 11.1 Å². The van der Waals surface area contributed by atoms with Crippen molar-refractivity contribution in [3.05, 3.63) is 59.7 Å². The Kier molecular flexibility index (Phi) is 9.54. The molecule has 3 heteroatoms. The summed E-state index contributed by atoms with van der Waals surface area (Å²) in [6.45, 7) is 2.08. The molecule has 0 radical (unpaired) electrons. The summed E-state index contributed by atoms with van der Waals surface area (Å²) < 4.78 is 0. The Hall–Kier alpha value is -0.861. The molecule has 0 aliphatic rings. The van der Waals surface area contributed by atoms with Crippen LogP contribution in [-0.4, -0.2) is 38.0 Å². The van der Waals surface area contributed by atoms with Gasteiger partial charge in [-0.15, -0.1) is 5.56 Å². The maximum Gasteiger partial charge on any atom is 0 e. The van der Waals surface area contributed by atoms with E-state index in [-0.39, 0.29) is 17.1 Å². The minimum absolute atomic E-state index is 0. The van der Waals surface area contributed by atoms with Gasteiger partial charge >= 0.3 is 0 Å². The SMILES string of the molecule is CN(C)Cc1ccc[c-]1CN(C)C.[Fe].[cH-]1[cH-][cH-][cH-][cH-]1. The number of rotatable bonds is 4. The van der Waals surface area contributed by atoms with E-state index < -0.39 is 0 Å². The van der Waals surface area contributed by atoms with E-state index in [4.69, 9.17) is 0 Å². The molecule has 2 nitrogen and oxygen atoms in total. The zero-order valence-electron chi connectivity index (χ0n) is 12.3. The second-order valence-corrected chi connectivity index (χ2v) is 5.01. The van der Waals surface area contributed by atoms with Crippen molar-refractivity contribution in [1.29, 1.82) is 0 Å². The first kappa shape index (κ1) is 18.1. The largest absolute Gasteiger partial charge is 0.748 e. The van der Waals surface area contributed by atoms with Crippen molar-refractivity contribution in [2.45, 2.75) is 13.1 Å². The Bertz CT molecular complexity index is 360. The normalized spacial score (nSPS) is 10.0. The summed E-state index contributed by atoms with van der Waals surface area (Å²) in [5, 5.41) is 0. The fourth-order valence-corrected chi connectivity index (χ4v) is 1.81. The fraction of sp³-hybridized carbons (Fsp3) is 0.375. The van der Waals surface area contributed by atoms with Crippen LogP contribution in [0.5, 0.6) is 0 Å². The second-order valence-electron chi connectivity index (χ2n) is 5.01. The molecule has 0 aliphatic carbocycles. The van der Waals surface area contributed by atoms with Crippen LogP contribution in [0.1, 0.15) is 11.1 Å². The van der Waals surface area contributed by atoms with E-state index in [9.17, 15) is 0 Å². The van der Waals surface area contributed by atoms with Gasteiger partial charge in [-0.25, -0.2) is 12.1 Å². The molecular weight excluding hydrogens is 276 g/mol. The van der Waals surface area contributed by atoms with Crippen LogP contribution in [0.3, 0.4) is 0 Å². The summed E-state index contributed by atoms with van der Waals surface area (Å²) in [5.41, 5.74) is 2.89. The van der Waals surface area contributed by atoms with Gasteiger partial charge in [0.2, 0.25) is 0 Å². The summed E-state index contributed by atoms with van der Waals surface area (Å²) in [7, 11) is 8.41. The molecule has 0 heterocycles. The Morgan fingerprint density at radius 1 is 0.947 bits per heavy atom. The van der Waals surface area contributed by atoms with Gasteiger partial charge in [0.1, 0.15) is 0 Å². The van der Waals surface area contributed by atoms with E-state index >= 15 is 0 Å². The fourth-order valence-electron chi connectivity index (χ4n) is 1.81. The van der Waals surface area contributed by atoms with Crippen molar-refractivity contribution in [3.8, 4) is 0 Å². The minimum Gasteiger partial charge on any atom is -0.748 e. The summed E-state index contributed by atoms with van der Waals surface area (Å²) in [6, 6.07) is 16.6. The van der Waals surface area contributed by atoms with Crippen molar-refractivity contribution >= 4 is 0 Å². The van der Waals surface area contributed by atoms with Crippen LogP contribution in [0.15, 0.2) is 48.5 Å².